The summed E-state index contributed by atoms with van der Waals surface area (Å²) in [5, 5.41) is 8.61. The minimum Gasteiger partial charge on any atom is -0.481 e. The highest BCUT2D eigenvalue weighted by Crippen LogP contribution is 2.32. The normalized spacial score (nSPS) is 11.4. The Kier molecular flexibility index (Phi) is 4.73. The van der Waals surface area contributed by atoms with Crippen molar-refractivity contribution in [1.82, 2.24) is 4.98 Å². The van der Waals surface area contributed by atoms with Crippen LogP contribution in [-0.2, 0) is 17.8 Å². The van der Waals surface area contributed by atoms with Crippen molar-refractivity contribution in [3.8, 4) is 5.75 Å². The number of pyridine rings is 1. The van der Waals surface area contributed by atoms with E-state index in [1.165, 1.54) is 0 Å². The fourth-order valence-corrected chi connectivity index (χ4v) is 1.97. The Hall–Kier alpha value is -1.10. The van der Waals surface area contributed by atoms with Gasteiger partial charge in [0.05, 0.1) is 15.7 Å². The third-order valence-electron chi connectivity index (χ3n) is 1.88. The Bertz CT molecular complexity index is 465. The zero-order chi connectivity index (χ0) is 13.9. The van der Waals surface area contributed by atoms with Gasteiger partial charge in [-0.15, -0.1) is 13.2 Å². The number of nitrogens with zero attached hydrogens (tertiary/aromatic N) is 1. The summed E-state index contributed by atoms with van der Waals surface area (Å²) < 4.78 is 40.5. The minimum absolute atomic E-state index is 0.000417. The standard InChI is InChI=1S/C9H8F3IN2O3/c10-9(11,12)18-8-4(2-14)3-15-5(7(8)13)1-6(16)17/h3H,1-2,14H2,(H,16,17). The molecule has 5 nitrogen and oxygen atoms in total. The lowest BCUT2D eigenvalue weighted by Gasteiger charge is -2.15. The first-order valence-corrected chi connectivity index (χ1v) is 5.66. The molecule has 0 atom stereocenters. The third kappa shape index (κ3) is 3.98. The van der Waals surface area contributed by atoms with Crippen molar-refractivity contribution in [3.63, 3.8) is 0 Å². The van der Waals surface area contributed by atoms with Gasteiger partial charge in [-0.2, -0.15) is 0 Å². The smallest absolute Gasteiger partial charge is 0.481 e. The van der Waals surface area contributed by atoms with Gasteiger partial charge in [-0.1, -0.05) is 0 Å². The zero-order valence-electron chi connectivity index (χ0n) is 8.79. The van der Waals surface area contributed by atoms with Crippen LogP contribution in [0.5, 0.6) is 5.75 Å². The van der Waals surface area contributed by atoms with Gasteiger partial charge in [-0.3, -0.25) is 9.78 Å². The van der Waals surface area contributed by atoms with Crippen molar-refractivity contribution in [3.05, 3.63) is 21.0 Å². The van der Waals surface area contributed by atoms with Crippen LogP contribution in [0.4, 0.5) is 13.2 Å². The first-order valence-electron chi connectivity index (χ1n) is 4.58. The average Bonchev–Trinajstić information content (AvgIpc) is 2.22. The van der Waals surface area contributed by atoms with Gasteiger partial charge in [0, 0.05) is 18.3 Å². The summed E-state index contributed by atoms with van der Waals surface area (Å²) in [6.07, 6.45) is -4.27. The van der Waals surface area contributed by atoms with Gasteiger partial charge in [0.15, 0.2) is 5.75 Å². The van der Waals surface area contributed by atoms with Gasteiger partial charge >= 0.3 is 12.3 Å². The molecule has 0 unspecified atom stereocenters. The molecule has 0 aliphatic heterocycles. The summed E-state index contributed by atoms with van der Waals surface area (Å²) in [4.78, 5) is 14.3. The van der Waals surface area contributed by atoms with E-state index in [0.29, 0.717) is 0 Å². The van der Waals surface area contributed by atoms with Gasteiger partial charge in [-0.05, 0) is 22.6 Å². The number of halogens is 4. The van der Waals surface area contributed by atoms with E-state index in [2.05, 4.69) is 9.72 Å². The van der Waals surface area contributed by atoms with Gasteiger partial charge in [0.1, 0.15) is 0 Å². The summed E-state index contributed by atoms with van der Waals surface area (Å²) in [5.41, 5.74) is 5.34. The molecule has 0 aromatic carbocycles. The van der Waals surface area contributed by atoms with Gasteiger partial charge in [0.25, 0.3) is 0 Å². The van der Waals surface area contributed by atoms with E-state index in [0.717, 1.165) is 6.20 Å². The molecular weight excluding hydrogens is 368 g/mol. The van der Waals surface area contributed by atoms with Crippen molar-refractivity contribution < 1.29 is 27.8 Å². The molecule has 0 spiro atoms. The second-order valence-corrected chi connectivity index (χ2v) is 4.27. The molecule has 1 aromatic rings. The fourth-order valence-electron chi connectivity index (χ4n) is 1.18. The predicted molar refractivity (Wildman–Crippen MR) is 62.9 cm³/mol. The van der Waals surface area contributed by atoms with Crippen LogP contribution in [0.3, 0.4) is 0 Å². The molecule has 1 aromatic heterocycles. The number of nitrogens with two attached hydrogens (primary N) is 1. The predicted octanol–water partition coefficient (Wildman–Crippen LogP) is 1.67. The summed E-state index contributed by atoms with van der Waals surface area (Å²) in [7, 11) is 0. The van der Waals surface area contributed by atoms with Crippen LogP contribution in [0.25, 0.3) is 0 Å². The largest absolute Gasteiger partial charge is 0.573 e. The first kappa shape index (κ1) is 15.0. The van der Waals surface area contributed by atoms with E-state index in [1.54, 1.807) is 22.6 Å². The van der Waals surface area contributed by atoms with Crippen molar-refractivity contribution in [2.75, 3.05) is 0 Å². The number of carboxylic acids is 1. The topological polar surface area (TPSA) is 85.4 Å². The van der Waals surface area contributed by atoms with Crippen LogP contribution in [0, 0.1) is 3.57 Å². The maximum atomic E-state index is 12.2. The van der Waals surface area contributed by atoms with E-state index in [1.807, 2.05) is 0 Å². The number of ether oxygens (including phenoxy) is 1. The second kappa shape index (κ2) is 5.69. The molecule has 3 N–H and O–H groups in total. The van der Waals surface area contributed by atoms with Crippen LogP contribution in [0.1, 0.15) is 11.3 Å². The van der Waals surface area contributed by atoms with Gasteiger partial charge < -0.3 is 15.6 Å². The van der Waals surface area contributed by atoms with Gasteiger partial charge in [-0.25, -0.2) is 0 Å². The molecule has 0 aliphatic rings. The number of rotatable bonds is 4. The number of aromatic nitrogens is 1. The van der Waals surface area contributed by atoms with E-state index in [4.69, 9.17) is 10.8 Å². The van der Waals surface area contributed by atoms with E-state index >= 15 is 0 Å². The Morgan fingerprint density at radius 3 is 2.61 bits per heavy atom. The molecule has 1 rings (SSSR count). The fraction of sp³-hybridized carbons (Fsp3) is 0.333. The summed E-state index contributed by atoms with van der Waals surface area (Å²) in [6, 6.07) is 0. The quantitative estimate of drug-likeness (QED) is 0.782. The molecule has 100 valence electrons. The number of hydrogen-bond donors (Lipinski definition) is 2. The highest BCUT2D eigenvalue weighted by molar-refractivity contribution is 14.1. The molecule has 0 fully saturated rings. The second-order valence-electron chi connectivity index (χ2n) is 3.20. The Morgan fingerprint density at radius 2 is 2.17 bits per heavy atom. The first-order chi connectivity index (χ1) is 8.24. The van der Waals surface area contributed by atoms with Crippen LogP contribution in [0.15, 0.2) is 6.20 Å². The maximum absolute atomic E-state index is 12.2. The van der Waals surface area contributed by atoms with Crippen molar-refractivity contribution in [1.29, 1.82) is 0 Å². The molecular formula is C9H8F3IN2O3. The van der Waals surface area contributed by atoms with E-state index in [9.17, 15) is 18.0 Å². The highest BCUT2D eigenvalue weighted by atomic mass is 127. The molecule has 0 radical (unpaired) electrons. The zero-order valence-corrected chi connectivity index (χ0v) is 10.9. The summed E-state index contributed by atoms with van der Waals surface area (Å²) in [5.74, 6) is -1.68. The minimum atomic E-state index is -4.87. The SMILES string of the molecule is NCc1cnc(CC(=O)O)c(I)c1OC(F)(F)F. The Morgan fingerprint density at radius 1 is 1.56 bits per heavy atom. The molecule has 0 saturated carbocycles. The molecule has 0 bridgehead atoms. The maximum Gasteiger partial charge on any atom is 0.573 e. The lowest BCUT2D eigenvalue weighted by molar-refractivity contribution is -0.275. The van der Waals surface area contributed by atoms with Crippen molar-refractivity contribution in [2.24, 2.45) is 5.73 Å². The lowest BCUT2D eigenvalue weighted by Crippen LogP contribution is -2.20. The number of aliphatic carboxylic acids is 1. The monoisotopic (exact) mass is 376 g/mol. The van der Waals surface area contributed by atoms with E-state index in [-0.39, 0.29) is 21.4 Å². The number of carboxylic acid groups (broad SMARTS) is 1. The highest BCUT2D eigenvalue weighted by Gasteiger charge is 2.33. The molecule has 1 heterocycles. The van der Waals surface area contributed by atoms with Gasteiger partial charge in [0.2, 0.25) is 0 Å². The van der Waals surface area contributed by atoms with Crippen molar-refractivity contribution in [2.45, 2.75) is 19.3 Å². The third-order valence-corrected chi connectivity index (χ3v) is 2.99. The molecule has 9 heteroatoms. The average molecular weight is 376 g/mol. The Labute approximate surface area is 113 Å². The lowest BCUT2D eigenvalue weighted by atomic mass is 10.2. The molecule has 18 heavy (non-hydrogen) atoms. The molecule has 0 amide bonds. The van der Waals surface area contributed by atoms with E-state index < -0.39 is 24.5 Å². The van der Waals surface area contributed by atoms with Crippen LogP contribution < -0.4 is 10.5 Å². The summed E-state index contributed by atoms with van der Waals surface area (Å²) in [6.45, 7) is -0.193. The number of carbonyl (C=O) groups is 1. The number of alkyl halides is 3. The van der Waals surface area contributed by atoms with Crippen LogP contribution >= 0.6 is 22.6 Å². The molecule has 0 saturated heterocycles. The number of hydrogen-bond acceptors (Lipinski definition) is 4. The molecule has 0 aliphatic carbocycles. The van der Waals surface area contributed by atoms with Crippen LogP contribution in [0.2, 0.25) is 0 Å². The Balaban J connectivity index is 3.22. The summed E-state index contributed by atoms with van der Waals surface area (Å²) >= 11 is 1.56. The van der Waals surface area contributed by atoms with Crippen LogP contribution in [-0.4, -0.2) is 22.4 Å². The van der Waals surface area contributed by atoms with Crippen molar-refractivity contribution >= 4 is 28.6 Å².